The normalized spacial score (nSPS) is 15.0. The second kappa shape index (κ2) is 9.38. The van der Waals surface area contributed by atoms with E-state index in [1.807, 2.05) is 18.2 Å². The summed E-state index contributed by atoms with van der Waals surface area (Å²) in [6, 6.07) is 18.5. The van der Waals surface area contributed by atoms with E-state index >= 15 is 0 Å². The van der Waals surface area contributed by atoms with E-state index in [1.165, 1.54) is 43.5 Å². The number of nitrogens with one attached hydrogen (secondary N) is 1. The molecule has 2 aromatic carbocycles. The van der Waals surface area contributed by atoms with Gasteiger partial charge in [-0.1, -0.05) is 48.9 Å². The molecule has 0 spiro atoms. The topological polar surface area (TPSA) is 32.3 Å². The maximum atomic E-state index is 12.2. The predicted octanol–water partition coefficient (Wildman–Crippen LogP) is 4.04. The van der Waals surface area contributed by atoms with Crippen LogP contribution in [0.4, 0.5) is 0 Å². The second-order valence-electron chi connectivity index (χ2n) is 6.88. The van der Waals surface area contributed by atoms with Crippen molar-refractivity contribution in [2.24, 2.45) is 0 Å². The zero-order valence-corrected chi connectivity index (χ0v) is 14.9. The number of amides is 1. The van der Waals surface area contributed by atoms with Crippen LogP contribution in [0.15, 0.2) is 54.6 Å². The summed E-state index contributed by atoms with van der Waals surface area (Å²) in [5.41, 5.74) is 3.36. The molecule has 3 heteroatoms. The Morgan fingerprint density at radius 3 is 2.32 bits per heavy atom. The number of nitrogens with zero attached hydrogens (tertiary/aromatic N) is 1. The SMILES string of the molecule is O=C(NCCCc1ccccc1)c1ccc(CN2CCCCC2)cc1. The Balaban J connectivity index is 1.41. The number of hydrogen-bond acceptors (Lipinski definition) is 2. The number of likely N-dealkylation sites (tertiary alicyclic amines) is 1. The second-order valence-corrected chi connectivity index (χ2v) is 6.88. The summed E-state index contributed by atoms with van der Waals surface area (Å²) in [5, 5.41) is 3.02. The van der Waals surface area contributed by atoms with Crippen molar-refractivity contribution in [2.45, 2.75) is 38.6 Å². The lowest BCUT2D eigenvalue weighted by atomic mass is 10.1. The van der Waals surface area contributed by atoms with Gasteiger partial charge in [0.2, 0.25) is 0 Å². The summed E-state index contributed by atoms with van der Waals surface area (Å²) >= 11 is 0. The maximum absolute atomic E-state index is 12.2. The molecule has 1 aliphatic heterocycles. The number of hydrogen-bond donors (Lipinski definition) is 1. The monoisotopic (exact) mass is 336 g/mol. The van der Waals surface area contributed by atoms with E-state index in [4.69, 9.17) is 0 Å². The van der Waals surface area contributed by atoms with Gasteiger partial charge < -0.3 is 5.32 Å². The molecule has 3 nitrogen and oxygen atoms in total. The molecule has 0 radical (unpaired) electrons. The summed E-state index contributed by atoms with van der Waals surface area (Å²) in [4.78, 5) is 14.7. The molecule has 132 valence electrons. The lowest BCUT2D eigenvalue weighted by Gasteiger charge is -2.26. The van der Waals surface area contributed by atoms with Crippen LogP contribution >= 0.6 is 0 Å². The first-order valence-electron chi connectivity index (χ1n) is 9.45. The zero-order valence-electron chi connectivity index (χ0n) is 14.9. The fraction of sp³-hybridized carbons (Fsp3) is 0.409. The minimum absolute atomic E-state index is 0.0255. The molecule has 0 atom stereocenters. The molecular formula is C22H28N2O. The molecule has 1 saturated heterocycles. The van der Waals surface area contributed by atoms with Crippen LogP contribution in [0.2, 0.25) is 0 Å². The minimum Gasteiger partial charge on any atom is -0.352 e. The smallest absolute Gasteiger partial charge is 0.251 e. The van der Waals surface area contributed by atoms with E-state index < -0.39 is 0 Å². The van der Waals surface area contributed by atoms with E-state index in [9.17, 15) is 4.79 Å². The van der Waals surface area contributed by atoms with Crippen molar-refractivity contribution in [1.82, 2.24) is 10.2 Å². The number of aryl methyl sites for hydroxylation is 1. The molecular weight excluding hydrogens is 308 g/mol. The van der Waals surface area contributed by atoms with Crippen LogP contribution in [0.5, 0.6) is 0 Å². The number of piperidine rings is 1. The molecule has 0 saturated carbocycles. The molecule has 1 N–H and O–H groups in total. The van der Waals surface area contributed by atoms with Crippen LogP contribution in [0.25, 0.3) is 0 Å². The quantitative estimate of drug-likeness (QED) is 0.774. The van der Waals surface area contributed by atoms with Gasteiger partial charge in [-0.3, -0.25) is 9.69 Å². The molecule has 0 aromatic heterocycles. The first-order valence-corrected chi connectivity index (χ1v) is 9.45. The molecule has 0 bridgehead atoms. The standard InChI is InChI=1S/C22H28N2O/c25-22(23-15-7-10-19-8-3-1-4-9-19)21-13-11-20(12-14-21)18-24-16-5-2-6-17-24/h1,3-4,8-9,11-14H,2,5-7,10,15-18H2,(H,23,25). The molecule has 0 aliphatic carbocycles. The van der Waals surface area contributed by atoms with Gasteiger partial charge in [0.1, 0.15) is 0 Å². The van der Waals surface area contributed by atoms with Crippen molar-refractivity contribution in [2.75, 3.05) is 19.6 Å². The van der Waals surface area contributed by atoms with Crippen molar-refractivity contribution in [3.05, 3.63) is 71.3 Å². The third-order valence-electron chi connectivity index (χ3n) is 4.84. The van der Waals surface area contributed by atoms with E-state index in [-0.39, 0.29) is 5.91 Å². The highest BCUT2D eigenvalue weighted by molar-refractivity contribution is 5.94. The van der Waals surface area contributed by atoms with Gasteiger partial charge in [-0.2, -0.15) is 0 Å². The Hall–Kier alpha value is -2.13. The Labute approximate surface area is 151 Å². The Morgan fingerprint density at radius 1 is 0.880 bits per heavy atom. The lowest BCUT2D eigenvalue weighted by molar-refractivity contribution is 0.0953. The number of benzene rings is 2. The first-order chi connectivity index (χ1) is 12.3. The third-order valence-corrected chi connectivity index (χ3v) is 4.84. The number of carbonyl (C=O) groups excluding carboxylic acids is 1. The summed E-state index contributed by atoms with van der Waals surface area (Å²) in [6.45, 7) is 4.11. The first kappa shape index (κ1) is 17.7. The molecule has 3 rings (SSSR count). The molecule has 25 heavy (non-hydrogen) atoms. The fourth-order valence-electron chi connectivity index (χ4n) is 3.38. The van der Waals surface area contributed by atoms with Crippen molar-refractivity contribution in [3.63, 3.8) is 0 Å². The summed E-state index contributed by atoms with van der Waals surface area (Å²) < 4.78 is 0. The van der Waals surface area contributed by atoms with Crippen LogP contribution in [-0.4, -0.2) is 30.4 Å². The van der Waals surface area contributed by atoms with Gasteiger partial charge in [0.25, 0.3) is 5.91 Å². The third kappa shape index (κ3) is 5.71. The minimum atomic E-state index is 0.0255. The average molecular weight is 336 g/mol. The fourth-order valence-corrected chi connectivity index (χ4v) is 3.38. The summed E-state index contributed by atoms with van der Waals surface area (Å²) in [7, 11) is 0. The molecule has 2 aromatic rings. The van der Waals surface area contributed by atoms with Gasteiger partial charge in [-0.25, -0.2) is 0 Å². The highest BCUT2D eigenvalue weighted by atomic mass is 16.1. The highest BCUT2D eigenvalue weighted by Gasteiger charge is 2.11. The van der Waals surface area contributed by atoms with Crippen molar-refractivity contribution < 1.29 is 4.79 Å². The Bertz CT molecular complexity index is 645. The number of rotatable bonds is 7. The van der Waals surface area contributed by atoms with Crippen molar-refractivity contribution in [1.29, 1.82) is 0 Å². The van der Waals surface area contributed by atoms with Gasteiger partial charge in [0.05, 0.1) is 0 Å². The van der Waals surface area contributed by atoms with E-state index in [0.29, 0.717) is 6.54 Å². The van der Waals surface area contributed by atoms with Gasteiger partial charge >= 0.3 is 0 Å². The zero-order chi connectivity index (χ0) is 17.3. The van der Waals surface area contributed by atoms with Gasteiger partial charge in [-0.15, -0.1) is 0 Å². The number of carbonyl (C=O) groups is 1. The van der Waals surface area contributed by atoms with Gasteiger partial charge in [0, 0.05) is 18.7 Å². The Morgan fingerprint density at radius 2 is 1.60 bits per heavy atom. The van der Waals surface area contributed by atoms with E-state index in [2.05, 4.69) is 46.6 Å². The lowest BCUT2D eigenvalue weighted by Crippen LogP contribution is -2.29. The van der Waals surface area contributed by atoms with Crippen LogP contribution in [0, 0.1) is 0 Å². The van der Waals surface area contributed by atoms with Crippen molar-refractivity contribution in [3.8, 4) is 0 Å². The molecule has 1 heterocycles. The Kier molecular flexibility index (Phi) is 6.63. The average Bonchev–Trinajstić information content (AvgIpc) is 2.67. The van der Waals surface area contributed by atoms with E-state index in [0.717, 1.165) is 24.9 Å². The van der Waals surface area contributed by atoms with Crippen LogP contribution in [0.1, 0.15) is 47.2 Å². The van der Waals surface area contributed by atoms with Crippen molar-refractivity contribution >= 4 is 5.91 Å². The summed E-state index contributed by atoms with van der Waals surface area (Å²) in [5.74, 6) is 0.0255. The predicted molar refractivity (Wildman–Crippen MR) is 103 cm³/mol. The molecule has 1 fully saturated rings. The van der Waals surface area contributed by atoms with Gasteiger partial charge in [0.15, 0.2) is 0 Å². The molecule has 1 amide bonds. The maximum Gasteiger partial charge on any atom is 0.251 e. The van der Waals surface area contributed by atoms with E-state index in [1.54, 1.807) is 0 Å². The molecule has 0 unspecified atom stereocenters. The van der Waals surface area contributed by atoms with Gasteiger partial charge in [-0.05, 0) is 62.0 Å². The van der Waals surface area contributed by atoms with Crippen LogP contribution < -0.4 is 5.32 Å². The summed E-state index contributed by atoms with van der Waals surface area (Å²) in [6.07, 6.45) is 5.94. The highest BCUT2D eigenvalue weighted by Crippen LogP contribution is 2.13. The van der Waals surface area contributed by atoms with Crippen LogP contribution in [0.3, 0.4) is 0 Å². The molecule has 1 aliphatic rings. The van der Waals surface area contributed by atoms with Crippen LogP contribution in [-0.2, 0) is 13.0 Å². The largest absolute Gasteiger partial charge is 0.352 e.